The maximum absolute atomic E-state index is 11.8. The van der Waals surface area contributed by atoms with Crippen molar-refractivity contribution >= 4 is 5.91 Å². The highest BCUT2D eigenvalue weighted by Gasteiger charge is 2.26. The van der Waals surface area contributed by atoms with E-state index in [-0.39, 0.29) is 11.3 Å². The molecule has 1 aromatic rings. The average Bonchev–Trinajstić information content (AvgIpc) is 2.37. The summed E-state index contributed by atoms with van der Waals surface area (Å²) in [4.78, 5) is 11.8. The van der Waals surface area contributed by atoms with Gasteiger partial charge in [0.2, 0.25) is 5.91 Å². The number of carbonyl (C=O) groups excluding carboxylic acids is 1. The molecular weight excluding hydrogens is 240 g/mol. The fraction of sp³-hybridized carbons (Fsp3) is 0.533. The summed E-state index contributed by atoms with van der Waals surface area (Å²) in [5.74, 6) is 0.727. The number of amides is 1. The summed E-state index contributed by atoms with van der Waals surface area (Å²) < 4.78 is 5.16. The van der Waals surface area contributed by atoms with Gasteiger partial charge in [-0.3, -0.25) is 4.79 Å². The Morgan fingerprint density at radius 1 is 1.42 bits per heavy atom. The van der Waals surface area contributed by atoms with Crippen LogP contribution in [0.25, 0.3) is 0 Å². The first-order chi connectivity index (χ1) is 8.84. The van der Waals surface area contributed by atoms with E-state index in [9.17, 15) is 4.79 Å². The van der Waals surface area contributed by atoms with Crippen molar-refractivity contribution in [2.75, 3.05) is 13.7 Å². The molecule has 0 radical (unpaired) electrons. The quantitative estimate of drug-likeness (QED) is 0.851. The Bertz CT molecular complexity index is 424. The molecule has 0 saturated heterocycles. The van der Waals surface area contributed by atoms with E-state index >= 15 is 0 Å². The number of ether oxygens (including phenoxy) is 1. The van der Waals surface area contributed by atoms with Crippen LogP contribution in [0.2, 0.25) is 0 Å². The molecule has 0 unspecified atom stereocenters. The SMILES string of the molecule is COc1cccc(CCNC(=O)[C@@H](N)C(C)(C)C)c1. The van der Waals surface area contributed by atoms with Crippen LogP contribution in [0, 0.1) is 5.41 Å². The van der Waals surface area contributed by atoms with Crippen molar-refractivity contribution in [1.29, 1.82) is 0 Å². The van der Waals surface area contributed by atoms with E-state index in [2.05, 4.69) is 5.32 Å². The first-order valence-electron chi connectivity index (χ1n) is 6.51. The third-order valence-electron chi connectivity index (χ3n) is 3.06. The molecule has 3 N–H and O–H groups in total. The molecule has 1 rings (SSSR count). The van der Waals surface area contributed by atoms with Gasteiger partial charge in [0.1, 0.15) is 5.75 Å². The van der Waals surface area contributed by atoms with Crippen LogP contribution in [-0.4, -0.2) is 25.6 Å². The lowest BCUT2D eigenvalue weighted by Gasteiger charge is -2.25. The Hall–Kier alpha value is -1.55. The van der Waals surface area contributed by atoms with Gasteiger partial charge in [-0.05, 0) is 29.5 Å². The molecule has 0 aliphatic carbocycles. The number of benzene rings is 1. The molecule has 4 nitrogen and oxygen atoms in total. The fourth-order valence-corrected chi connectivity index (χ4v) is 1.66. The van der Waals surface area contributed by atoms with Gasteiger partial charge in [-0.25, -0.2) is 0 Å². The van der Waals surface area contributed by atoms with E-state index in [1.54, 1.807) is 7.11 Å². The van der Waals surface area contributed by atoms with Crippen molar-refractivity contribution in [3.63, 3.8) is 0 Å². The van der Waals surface area contributed by atoms with Gasteiger partial charge in [0.05, 0.1) is 13.2 Å². The Morgan fingerprint density at radius 3 is 2.68 bits per heavy atom. The van der Waals surface area contributed by atoms with Gasteiger partial charge in [0, 0.05) is 6.54 Å². The highest BCUT2D eigenvalue weighted by atomic mass is 16.5. The predicted octanol–water partition coefficient (Wildman–Crippen LogP) is 1.73. The number of carbonyl (C=O) groups is 1. The van der Waals surface area contributed by atoms with Gasteiger partial charge in [-0.15, -0.1) is 0 Å². The topological polar surface area (TPSA) is 64.3 Å². The molecule has 19 heavy (non-hydrogen) atoms. The van der Waals surface area contributed by atoms with Crippen molar-refractivity contribution in [1.82, 2.24) is 5.32 Å². The number of hydrogen-bond donors (Lipinski definition) is 2. The van der Waals surface area contributed by atoms with Gasteiger partial charge in [-0.2, -0.15) is 0 Å². The minimum absolute atomic E-state index is 0.101. The summed E-state index contributed by atoms with van der Waals surface area (Å²) in [5.41, 5.74) is 6.79. The first kappa shape index (κ1) is 15.5. The summed E-state index contributed by atoms with van der Waals surface area (Å²) in [6.07, 6.45) is 0.764. The lowest BCUT2D eigenvalue weighted by molar-refractivity contribution is -0.124. The summed E-state index contributed by atoms with van der Waals surface area (Å²) in [7, 11) is 1.64. The van der Waals surface area contributed by atoms with E-state index in [4.69, 9.17) is 10.5 Å². The Balaban J connectivity index is 2.44. The molecule has 1 aromatic carbocycles. The van der Waals surface area contributed by atoms with Crippen molar-refractivity contribution in [2.45, 2.75) is 33.2 Å². The van der Waals surface area contributed by atoms with Crippen LogP contribution in [0.15, 0.2) is 24.3 Å². The average molecular weight is 264 g/mol. The smallest absolute Gasteiger partial charge is 0.237 e. The van der Waals surface area contributed by atoms with E-state index in [0.29, 0.717) is 6.54 Å². The normalized spacial score (nSPS) is 12.9. The molecular formula is C15H24N2O2. The molecule has 0 aliphatic heterocycles. The van der Waals surface area contributed by atoms with Gasteiger partial charge in [0.25, 0.3) is 0 Å². The van der Waals surface area contributed by atoms with E-state index in [0.717, 1.165) is 17.7 Å². The molecule has 4 heteroatoms. The number of hydrogen-bond acceptors (Lipinski definition) is 3. The van der Waals surface area contributed by atoms with Crippen LogP contribution in [-0.2, 0) is 11.2 Å². The van der Waals surface area contributed by atoms with E-state index in [1.165, 1.54) is 0 Å². The Morgan fingerprint density at radius 2 is 2.11 bits per heavy atom. The third kappa shape index (κ3) is 4.91. The van der Waals surface area contributed by atoms with Crippen molar-refractivity contribution in [3.05, 3.63) is 29.8 Å². The predicted molar refractivity (Wildman–Crippen MR) is 77.1 cm³/mol. The summed E-state index contributed by atoms with van der Waals surface area (Å²) >= 11 is 0. The zero-order chi connectivity index (χ0) is 14.5. The standard InChI is InChI=1S/C15H24N2O2/c1-15(2,3)13(16)14(18)17-9-8-11-6-5-7-12(10-11)19-4/h5-7,10,13H,8-9,16H2,1-4H3,(H,17,18)/t13-/m1/s1. The second-order valence-corrected chi connectivity index (χ2v) is 5.74. The van der Waals surface area contributed by atoms with Gasteiger partial charge in [-0.1, -0.05) is 32.9 Å². The van der Waals surface area contributed by atoms with Crippen LogP contribution in [0.5, 0.6) is 5.75 Å². The van der Waals surface area contributed by atoms with E-state index in [1.807, 2.05) is 45.0 Å². The second kappa shape index (κ2) is 6.57. The molecule has 0 aliphatic rings. The van der Waals surface area contributed by atoms with Crippen LogP contribution in [0.1, 0.15) is 26.3 Å². The third-order valence-corrected chi connectivity index (χ3v) is 3.06. The largest absolute Gasteiger partial charge is 0.497 e. The highest BCUT2D eigenvalue weighted by Crippen LogP contribution is 2.17. The molecule has 0 fully saturated rings. The molecule has 106 valence electrons. The minimum atomic E-state index is -0.488. The van der Waals surface area contributed by atoms with Crippen molar-refractivity contribution < 1.29 is 9.53 Å². The molecule has 0 saturated carbocycles. The zero-order valence-electron chi connectivity index (χ0n) is 12.2. The second-order valence-electron chi connectivity index (χ2n) is 5.74. The monoisotopic (exact) mass is 264 g/mol. The van der Waals surface area contributed by atoms with Gasteiger partial charge < -0.3 is 15.8 Å². The first-order valence-corrected chi connectivity index (χ1v) is 6.51. The lowest BCUT2D eigenvalue weighted by Crippen LogP contribution is -2.48. The molecule has 0 aromatic heterocycles. The van der Waals surface area contributed by atoms with Gasteiger partial charge >= 0.3 is 0 Å². The van der Waals surface area contributed by atoms with Crippen LogP contribution < -0.4 is 15.8 Å². The summed E-state index contributed by atoms with van der Waals surface area (Å²) in [5, 5.41) is 2.87. The number of nitrogens with two attached hydrogens (primary N) is 1. The molecule has 0 spiro atoms. The highest BCUT2D eigenvalue weighted by molar-refractivity contribution is 5.82. The maximum atomic E-state index is 11.8. The molecule has 1 amide bonds. The Labute approximate surface area is 115 Å². The Kier molecular flexibility index (Phi) is 5.36. The van der Waals surface area contributed by atoms with Crippen molar-refractivity contribution in [2.24, 2.45) is 11.1 Å². The molecule has 1 atom stereocenters. The van der Waals surface area contributed by atoms with Crippen LogP contribution in [0.4, 0.5) is 0 Å². The van der Waals surface area contributed by atoms with Gasteiger partial charge in [0.15, 0.2) is 0 Å². The van der Waals surface area contributed by atoms with Crippen LogP contribution >= 0.6 is 0 Å². The molecule has 0 heterocycles. The maximum Gasteiger partial charge on any atom is 0.237 e. The van der Waals surface area contributed by atoms with Crippen molar-refractivity contribution in [3.8, 4) is 5.75 Å². The lowest BCUT2D eigenvalue weighted by atomic mass is 9.87. The summed E-state index contributed by atoms with van der Waals surface area (Å²) in [6.45, 7) is 6.45. The number of nitrogens with one attached hydrogen (secondary N) is 1. The van der Waals surface area contributed by atoms with E-state index < -0.39 is 6.04 Å². The zero-order valence-corrected chi connectivity index (χ0v) is 12.2. The number of rotatable bonds is 5. The number of methoxy groups -OCH3 is 1. The summed E-state index contributed by atoms with van der Waals surface area (Å²) in [6, 6.07) is 7.33. The van der Waals surface area contributed by atoms with Crippen LogP contribution in [0.3, 0.4) is 0 Å². The fourth-order valence-electron chi connectivity index (χ4n) is 1.66. The molecule has 0 bridgehead atoms. The minimum Gasteiger partial charge on any atom is -0.497 e.